The predicted molar refractivity (Wildman–Crippen MR) is 169 cm³/mol. The third kappa shape index (κ3) is 4.46. The molecule has 0 heteroatoms. The maximum absolute atomic E-state index is 1.67. The van der Waals surface area contributed by atoms with Crippen molar-refractivity contribution in [1.29, 1.82) is 0 Å². The molecule has 8 aliphatic rings. The summed E-state index contributed by atoms with van der Waals surface area (Å²) in [5, 5.41) is 0. The van der Waals surface area contributed by atoms with Crippen molar-refractivity contribution >= 4 is 0 Å². The Balaban J connectivity index is 1.23. The molecule has 0 N–H and O–H groups in total. The average Bonchev–Trinajstić information content (AvgIpc) is 3.84. The molecule has 0 aromatic rings. The molecule has 0 heterocycles. The van der Waals surface area contributed by atoms with Crippen LogP contribution in [0.2, 0.25) is 0 Å². The summed E-state index contributed by atoms with van der Waals surface area (Å²) in [6.45, 7) is 0. The van der Waals surface area contributed by atoms with Crippen LogP contribution in [-0.4, -0.2) is 0 Å². The molecule has 226 valence electrons. The molecule has 0 nitrogen and oxygen atoms in total. The van der Waals surface area contributed by atoms with Gasteiger partial charge in [-0.2, -0.15) is 0 Å². The van der Waals surface area contributed by atoms with Gasteiger partial charge < -0.3 is 0 Å². The second-order valence-electron chi connectivity index (χ2n) is 17.9. The van der Waals surface area contributed by atoms with E-state index >= 15 is 0 Å². The highest BCUT2D eigenvalue weighted by Crippen LogP contribution is 2.80. The van der Waals surface area contributed by atoms with Gasteiger partial charge in [0, 0.05) is 0 Å². The van der Waals surface area contributed by atoms with Gasteiger partial charge in [0.25, 0.3) is 0 Å². The summed E-state index contributed by atoms with van der Waals surface area (Å²) >= 11 is 0. The van der Waals surface area contributed by atoms with E-state index in [4.69, 9.17) is 0 Å². The number of rotatable bonds is 11. The first-order valence-electron chi connectivity index (χ1n) is 19.8. The van der Waals surface area contributed by atoms with Crippen LogP contribution in [0.3, 0.4) is 0 Å². The van der Waals surface area contributed by atoms with Gasteiger partial charge in [-0.05, 0) is 134 Å². The molecule has 3 unspecified atom stereocenters. The molecule has 8 rings (SSSR count). The zero-order valence-electron chi connectivity index (χ0n) is 26.6. The Labute approximate surface area is 249 Å². The highest BCUT2D eigenvalue weighted by Gasteiger charge is 2.71. The second kappa shape index (κ2) is 11.2. The van der Waals surface area contributed by atoms with E-state index in [1.807, 2.05) is 0 Å². The van der Waals surface area contributed by atoms with E-state index in [0.29, 0.717) is 0 Å². The third-order valence-electron chi connectivity index (χ3n) is 16.4. The van der Waals surface area contributed by atoms with Crippen molar-refractivity contribution in [3.63, 3.8) is 0 Å². The van der Waals surface area contributed by atoms with Gasteiger partial charge in [-0.3, -0.25) is 0 Å². The van der Waals surface area contributed by atoms with E-state index in [1.54, 1.807) is 180 Å². The SMILES string of the molecule is C1CCC(CC(C2CCCC2)C(C2CCC2)C(C2CC2)C2(C3(C4(C5CC5)CCC4)CCCC3)CCCCC2)CC1. The van der Waals surface area contributed by atoms with Gasteiger partial charge in [-0.25, -0.2) is 0 Å². The smallest absolute Gasteiger partial charge is 0.0179 e. The van der Waals surface area contributed by atoms with Gasteiger partial charge in [0.1, 0.15) is 0 Å². The minimum absolute atomic E-state index is 0.732. The fraction of sp³-hybridized carbons (Fsp3) is 1.00. The van der Waals surface area contributed by atoms with Crippen molar-refractivity contribution in [1.82, 2.24) is 0 Å². The largest absolute Gasteiger partial charge is 0.0533 e. The number of hydrogen-bond acceptors (Lipinski definition) is 0. The summed E-state index contributed by atoms with van der Waals surface area (Å²) in [4.78, 5) is 0. The maximum atomic E-state index is 1.67. The average molecular weight is 547 g/mol. The summed E-state index contributed by atoms with van der Waals surface area (Å²) in [5.41, 5.74) is 2.28. The van der Waals surface area contributed by atoms with Crippen molar-refractivity contribution in [3.05, 3.63) is 0 Å². The molecule has 8 fully saturated rings. The Kier molecular flexibility index (Phi) is 7.69. The molecule has 0 saturated heterocycles. The van der Waals surface area contributed by atoms with E-state index in [0.717, 1.165) is 63.6 Å². The Hall–Kier alpha value is 0. The molecular weight excluding hydrogens is 480 g/mol. The summed E-state index contributed by atoms with van der Waals surface area (Å²) < 4.78 is 0. The Bertz CT molecular complexity index is 827. The van der Waals surface area contributed by atoms with E-state index in [1.165, 1.54) is 6.42 Å². The summed E-state index contributed by atoms with van der Waals surface area (Å²) in [6, 6.07) is 0. The van der Waals surface area contributed by atoms with Crippen molar-refractivity contribution < 1.29 is 0 Å². The van der Waals surface area contributed by atoms with Gasteiger partial charge >= 0.3 is 0 Å². The molecule has 40 heavy (non-hydrogen) atoms. The van der Waals surface area contributed by atoms with Crippen LogP contribution in [0.4, 0.5) is 0 Å². The highest BCUT2D eigenvalue weighted by atomic mass is 14.8. The highest BCUT2D eigenvalue weighted by molar-refractivity contribution is 5.20. The first-order valence-corrected chi connectivity index (χ1v) is 19.8. The lowest BCUT2D eigenvalue weighted by Gasteiger charge is -2.69. The standard InChI is InChI=1S/C40H66/c1-3-13-30(14-4-1)29-35(31-15-5-6-16-31)36(32-17-11-18-32)37(33-19-20-33)39(23-7-2-8-24-39)40(27-9-10-28-40)38(25-12-26-38)34-21-22-34/h30-37H,1-29H2. The van der Waals surface area contributed by atoms with Crippen molar-refractivity contribution in [2.75, 3.05) is 0 Å². The Morgan fingerprint density at radius 1 is 0.450 bits per heavy atom. The lowest BCUT2D eigenvalue weighted by Crippen LogP contribution is -2.62. The molecule has 0 radical (unpaired) electrons. The van der Waals surface area contributed by atoms with Crippen LogP contribution in [0, 0.1) is 63.6 Å². The summed E-state index contributed by atoms with van der Waals surface area (Å²) in [5.74, 6) is 8.96. The van der Waals surface area contributed by atoms with Gasteiger partial charge in [0.15, 0.2) is 0 Å². The minimum Gasteiger partial charge on any atom is -0.0533 e. The Morgan fingerprint density at radius 2 is 1.05 bits per heavy atom. The molecule has 0 bridgehead atoms. The zero-order chi connectivity index (χ0) is 26.6. The minimum atomic E-state index is 0.732. The van der Waals surface area contributed by atoms with Crippen molar-refractivity contribution in [3.8, 4) is 0 Å². The molecule has 0 spiro atoms. The van der Waals surface area contributed by atoms with Gasteiger partial charge in [-0.1, -0.05) is 116 Å². The molecule has 8 saturated carbocycles. The monoisotopic (exact) mass is 547 g/mol. The fourth-order valence-corrected chi connectivity index (χ4v) is 14.4. The van der Waals surface area contributed by atoms with Crippen LogP contribution in [0.1, 0.15) is 186 Å². The van der Waals surface area contributed by atoms with Crippen LogP contribution in [-0.2, 0) is 0 Å². The second-order valence-corrected chi connectivity index (χ2v) is 17.9. The van der Waals surface area contributed by atoms with Crippen LogP contribution in [0.15, 0.2) is 0 Å². The first-order chi connectivity index (χ1) is 19.8. The molecule has 0 amide bonds. The molecule has 0 aliphatic heterocycles. The number of hydrogen-bond donors (Lipinski definition) is 0. The van der Waals surface area contributed by atoms with Crippen molar-refractivity contribution in [2.24, 2.45) is 63.6 Å². The normalized spacial score (nSPS) is 35.1. The molecular formula is C40H66. The first kappa shape index (κ1) is 27.5. The Morgan fingerprint density at radius 3 is 1.60 bits per heavy atom. The quantitative estimate of drug-likeness (QED) is 0.242. The molecule has 0 aromatic heterocycles. The van der Waals surface area contributed by atoms with Crippen LogP contribution >= 0.6 is 0 Å². The lowest BCUT2D eigenvalue weighted by molar-refractivity contribution is -0.207. The zero-order valence-corrected chi connectivity index (χ0v) is 26.6. The third-order valence-corrected chi connectivity index (χ3v) is 16.4. The van der Waals surface area contributed by atoms with E-state index < -0.39 is 0 Å². The van der Waals surface area contributed by atoms with Crippen LogP contribution in [0.25, 0.3) is 0 Å². The lowest BCUT2D eigenvalue weighted by atomic mass is 9.35. The van der Waals surface area contributed by atoms with Gasteiger partial charge in [-0.15, -0.1) is 0 Å². The van der Waals surface area contributed by atoms with E-state index in [2.05, 4.69) is 0 Å². The topological polar surface area (TPSA) is 0 Å². The fourth-order valence-electron chi connectivity index (χ4n) is 14.4. The van der Waals surface area contributed by atoms with Gasteiger partial charge in [0.2, 0.25) is 0 Å². The van der Waals surface area contributed by atoms with Crippen molar-refractivity contribution in [2.45, 2.75) is 186 Å². The van der Waals surface area contributed by atoms with Gasteiger partial charge in [0.05, 0.1) is 0 Å². The molecule has 3 atom stereocenters. The summed E-state index contributed by atoms with van der Waals surface area (Å²) in [6.07, 6.45) is 46.7. The maximum Gasteiger partial charge on any atom is -0.0179 e. The summed E-state index contributed by atoms with van der Waals surface area (Å²) in [7, 11) is 0. The van der Waals surface area contributed by atoms with E-state index in [9.17, 15) is 0 Å². The molecule has 0 aromatic carbocycles. The van der Waals surface area contributed by atoms with E-state index in [-0.39, 0.29) is 0 Å². The van der Waals surface area contributed by atoms with Crippen LogP contribution < -0.4 is 0 Å². The molecule has 8 aliphatic carbocycles. The predicted octanol–water partition coefficient (Wildman–Crippen LogP) is 12.3. The van der Waals surface area contributed by atoms with Crippen LogP contribution in [0.5, 0.6) is 0 Å².